The number of H-pyrrole nitrogens is 1. The quantitative estimate of drug-likeness (QED) is 0.696. The molecular weight excluding hydrogens is 346 g/mol. The van der Waals surface area contributed by atoms with E-state index in [0.29, 0.717) is 30.1 Å². The molecule has 1 aliphatic rings. The van der Waals surface area contributed by atoms with Crippen molar-refractivity contribution < 1.29 is 0 Å². The van der Waals surface area contributed by atoms with Crippen LogP contribution in [0.15, 0.2) is 59.7 Å². The molecule has 0 bridgehead atoms. The molecule has 0 atom stereocenters. The van der Waals surface area contributed by atoms with E-state index >= 15 is 0 Å². The summed E-state index contributed by atoms with van der Waals surface area (Å²) in [5.41, 5.74) is 2.84. The third-order valence-corrected chi connectivity index (χ3v) is 4.78. The Hall–Kier alpha value is -2.77. The summed E-state index contributed by atoms with van der Waals surface area (Å²) >= 11 is 5.39. The molecule has 0 unspecified atom stereocenters. The Labute approximate surface area is 156 Å². The number of fused-ring (bicyclic) bond motifs is 1. The lowest BCUT2D eigenvalue weighted by Crippen LogP contribution is -2.39. The minimum Gasteiger partial charge on any atom is -0.358 e. The van der Waals surface area contributed by atoms with Crippen molar-refractivity contribution >= 4 is 18.0 Å². The largest absolute Gasteiger partial charge is 0.358 e. The van der Waals surface area contributed by atoms with Crippen molar-refractivity contribution in [2.24, 2.45) is 0 Å². The molecule has 0 radical (unpaired) electrons. The summed E-state index contributed by atoms with van der Waals surface area (Å²) in [6, 6.07) is 14.1. The summed E-state index contributed by atoms with van der Waals surface area (Å²) < 4.78 is 2.35. The van der Waals surface area contributed by atoms with Crippen molar-refractivity contribution in [3.8, 4) is 0 Å². The van der Waals surface area contributed by atoms with Crippen molar-refractivity contribution in [2.75, 3.05) is 12.0 Å². The van der Waals surface area contributed by atoms with E-state index in [4.69, 9.17) is 12.2 Å². The molecule has 1 aromatic carbocycles. The van der Waals surface area contributed by atoms with E-state index in [-0.39, 0.29) is 5.56 Å². The van der Waals surface area contributed by atoms with Gasteiger partial charge in [-0.25, -0.2) is 0 Å². The third-order valence-electron chi connectivity index (χ3n) is 4.46. The molecule has 2 N–H and O–H groups in total. The van der Waals surface area contributed by atoms with E-state index in [1.807, 2.05) is 41.1 Å². The molecule has 132 valence electrons. The van der Waals surface area contributed by atoms with Crippen LogP contribution in [-0.2, 0) is 19.6 Å². The van der Waals surface area contributed by atoms with Crippen molar-refractivity contribution in [1.82, 2.24) is 19.4 Å². The maximum absolute atomic E-state index is 12.5. The average molecular weight is 365 g/mol. The van der Waals surface area contributed by atoms with Gasteiger partial charge in [0.1, 0.15) is 5.82 Å². The standard InChI is InChI=1S/C19H19N5OS/c25-18-16-12-23(10-14-5-2-1-3-6-14)13-21-17(16)24(19(26)22-18)11-15-7-4-8-20-9-15/h1-9,21H,10-13H2,(H,22,25,26). The predicted molar refractivity (Wildman–Crippen MR) is 103 cm³/mol. The molecule has 3 aromatic rings. The monoisotopic (exact) mass is 365 g/mol. The van der Waals surface area contributed by atoms with Gasteiger partial charge in [0, 0.05) is 25.5 Å². The number of hydrogen-bond acceptors (Lipinski definition) is 5. The number of nitrogens with one attached hydrogen (secondary N) is 2. The van der Waals surface area contributed by atoms with Crippen molar-refractivity contribution in [3.63, 3.8) is 0 Å². The Kier molecular flexibility index (Phi) is 4.64. The fourth-order valence-electron chi connectivity index (χ4n) is 3.21. The summed E-state index contributed by atoms with van der Waals surface area (Å²) in [5.74, 6) is 0.798. The van der Waals surface area contributed by atoms with Gasteiger partial charge in [-0.3, -0.25) is 19.7 Å². The van der Waals surface area contributed by atoms with Gasteiger partial charge in [-0.15, -0.1) is 0 Å². The van der Waals surface area contributed by atoms with Crippen LogP contribution in [0.4, 0.5) is 5.82 Å². The van der Waals surface area contributed by atoms with Crippen LogP contribution in [0.3, 0.4) is 0 Å². The number of aromatic nitrogens is 3. The van der Waals surface area contributed by atoms with Gasteiger partial charge in [0.25, 0.3) is 5.56 Å². The number of nitrogens with zero attached hydrogens (tertiary/aromatic N) is 3. The Morgan fingerprint density at radius 1 is 1.08 bits per heavy atom. The molecule has 3 heterocycles. The zero-order chi connectivity index (χ0) is 17.9. The number of anilines is 1. The van der Waals surface area contributed by atoms with Gasteiger partial charge in [-0.2, -0.15) is 0 Å². The molecule has 4 rings (SSSR count). The fraction of sp³-hybridized carbons (Fsp3) is 0.211. The van der Waals surface area contributed by atoms with Crippen LogP contribution in [0.2, 0.25) is 0 Å². The molecule has 0 saturated heterocycles. The molecule has 0 aliphatic carbocycles. The number of hydrogen-bond donors (Lipinski definition) is 2. The summed E-state index contributed by atoms with van der Waals surface area (Å²) in [4.78, 5) is 21.6. The lowest BCUT2D eigenvalue weighted by atomic mass is 10.1. The highest BCUT2D eigenvalue weighted by Gasteiger charge is 2.22. The van der Waals surface area contributed by atoms with E-state index in [9.17, 15) is 4.79 Å². The molecule has 1 aliphatic heterocycles. The first-order chi connectivity index (χ1) is 12.7. The van der Waals surface area contributed by atoms with Crippen LogP contribution in [0.25, 0.3) is 0 Å². The van der Waals surface area contributed by atoms with Crippen LogP contribution in [0.5, 0.6) is 0 Å². The maximum atomic E-state index is 12.5. The van der Waals surface area contributed by atoms with Gasteiger partial charge in [0.05, 0.1) is 18.8 Å². The Morgan fingerprint density at radius 2 is 1.88 bits per heavy atom. The first kappa shape index (κ1) is 16.7. The van der Waals surface area contributed by atoms with Crippen molar-refractivity contribution in [3.05, 3.63) is 86.7 Å². The highest BCUT2D eigenvalue weighted by molar-refractivity contribution is 7.71. The smallest absolute Gasteiger partial charge is 0.258 e. The highest BCUT2D eigenvalue weighted by Crippen LogP contribution is 2.21. The van der Waals surface area contributed by atoms with Gasteiger partial charge in [-0.1, -0.05) is 36.4 Å². The lowest BCUT2D eigenvalue weighted by molar-refractivity contribution is 0.263. The SMILES string of the molecule is O=c1[nH]c(=S)n(Cc2cccnc2)c2c1CN(Cc1ccccc1)CN2. The molecule has 0 spiro atoms. The first-order valence-electron chi connectivity index (χ1n) is 8.46. The third kappa shape index (κ3) is 3.44. The molecule has 0 fully saturated rings. The average Bonchev–Trinajstić information content (AvgIpc) is 2.67. The second-order valence-corrected chi connectivity index (χ2v) is 6.73. The van der Waals surface area contributed by atoms with E-state index in [1.165, 1.54) is 5.56 Å². The molecule has 26 heavy (non-hydrogen) atoms. The summed E-state index contributed by atoms with van der Waals surface area (Å²) in [6.45, 7) is 2.59. The van der Waals surface area contributed by atoms with Gasteiger partial charge >= 0.3 is 0 Å². The zero-order valence-corrected chi connectivity index (χ0v) is 15.0. The molecule has 0 saturated carbocycles. The summed E-state index contributed by atoms with van der Waals surface area (Å²) in [6.07, 6.45) is 3.55. The van der Waals surface area contributed by atoms with E-state index in [1.54, 1.807) is 6.20 Å². The lowest BCUT2D eigenvalue weighted by Gasteiger charge is -2.31. The Bertz CT molecular complexity index is 1010. The molecule has 2 aromatic heterocycles. The highest BCUT2D eigenvalue weighted by atomic mass is 32.1. The van der Waals surface area contributed by atoms with E-state index in [2.05, 4.69) is 32.3 Å². The second-order valence-electron chi connectivity index (χ2n) is 6.34. The number of aromatic amines is 1. The fourth-order valence-corrected chi connectivity index (χ4v) is 3.45. The molecular formula is C19H19N5OS. The Balaban J connectivity index is 1.64. The number of pyridine rings is 1. The van der Waals surface area contributed by atoms with Crippen LogP contribution in [0.1, 0.15) is 16.7 Å². The Morgan fingerprint density at radius 3 is 2.65 bits per heavy atom. The number of benzene rings is 1. The topological polar surface area (TPSA) is 66.0 Å². The van der Waals surface area contributed by atoms with Gasteiger partial charge in [0.2, 0.25) is 0 Å². The van der Waals surface area contributed by atoms with Crippen LogP contribution in [-0.4, -0.2) is 26.1 Å². The zero-order valence-electron chi connectivity index (χ0n) is 14.2. The normalized spacial score (nSPS) is 13.8. The van der Waals surface area contributed by atoms with Crippen molar-refractivity contribution in [2.45, 2.75) is 19.6 Å². The maximum Gasteiger partial charge on any atom is 0.258 e. The van der Waals surface area contributed by atoms with Gasteiger partial charge in [-0.05, 0) is 29.4 Å². The minimum absolute atomic E-state index is 0.127. The predicted octanol–water partition coefficient (Wildman–Crippen LogP) is 2.73. The summed E-state index contributed by atoms with van der Waals surface area (Å²) in [5, 5.41) is 3.39. The van der Waals surface area contributed by atoms with Crippen molar-refractivity contribution in [1.29, 1.82) is 0 Å². The summed E-state index contributed by atoms with van der Waals surface area (Å²) in [7, 11) is 0. The number of rotatable bonds is 4. The molecule has 6 nitrogen and oxygen atoms in total. The van der Waals surface area contributed by atoms with Crippen LogP contribution in [0, 0.1) is 4.77 Å². The van der Waals surface area contributed by atoms with E-state index < -0.39 is 0 Å². The second kappa shape index (κ2) is 7.23. The van der Waals surface area contributed by atoms with Gasteiger partial charge in [0.15, 0.2) is 4.77 Å². The molecule has 7 heteroatoms. The van der Waals surface area contributed by atoms with Crippen LogP contribution >= 0.6 is 12.2 Å². The van der Waals surface area contributed by atoms with E-state index in [0.717, 1.165) is 17.9 Å². The van der Waals surface area contributed by atoms with Crippen LogP contribution < -0.4 is 10.9 Å². The van der Waals surface area contributed by atoms with Gasteiger partial charge < -0.3 is 9.88 Å². The first-order valence-corrected chi connectivity index (χ1v) is 8.86. The minimum atomic E-state index is -0.127. The molecule has 0 amide bonds.